The molecule has 10 heteroatoms. The second-order valence-electron chi connectivity index (χ2n) is 5.22. The van der Waals surface area contributed by atoms with Gasteiger partial charge >= 0.3 is 15.6 Å². The molecule has 23 heavy (non-hydrogen) atoms. The summed E-state index contributed by atoms with van der Waals surface area (Å²) in [5, 5.41) is -1.32. The quantitative estimate of drug-likeness (QED) is 0.600. The first-order chi connectivity index (χ1) is 10.6. The number of sulfone groups is 1. The van der Waals surface area contributed by atoms with Crippen LogP contribution in [-0.2, 0) is 24.1 Å². The standard InChI is InChI=1S/C13H15F3O5S2/c14-13(15,16)23(19,20)21-11-8-4-5-9-12(11)22(17,18)10-6-2-1-3-7-10/h1-3,6-7,11-12H,4-5,8-9H2/t11-,12+/m0/s1. The molecule has 0 aromatic heterocycles. The van der Waals surface area contributed by atoms with Crippen molar-refractivity contribution in [2.24, 2.45) is 0 Å². The summed E-state index contributed by atoms with van der Waals surface area (Å²) in [7, 11) is -9.82. The number of alkyl halides is 3. The molecule has 0 spiro atoms. The fourth-order valence-corrected chi connectivity index (χ4v) is 5.22. The van der Waals surface area contributed by atoms with Gasteiger partial charge in [0.1, 0.15) is 0 Å². The second kappa shape index (κ2) is 6.40. The van der Waals surface area contributed by atoms with Gasteiger partial charge in [0.2, 0.25) is 0 Å². The first-order valence-corrected chi connectivity index (χ1v) is 9.80. The number of benzene rings is 1. The lowest BCUT2D eigenvalue weighted by Crippen LogP contribution is -2.42. The Balaban J connectivity index is 2.33. The highest BCUT2D eigenvalue weighted by Gasteiger charge is 2.51. The lowest BCUT2D eigenvalue weighted by atomic mass is 9.97. The second-order valence-corrected chi connectivity index (χ2v) is 8.95. The highest BCUT2D eigenvalue weighted by Crippen LogP contribution is 2.34. The molecule has 1 aliphatic rings. The van der Waals surface area contributed by atoms with Crippen molar-refractivity contribution in [2.75, 3.05) is 0 Å². The molecule has 0 bridgehead atoms. The van der Waals surface area contributed by atoms with E-state index in [2.05, 4.69) is 4.18 Å². The van der Waals surface area contributed by atoms with Crippen molar-refractivity contribution in [1.29, 1.82) is 0 Å². The van der Waals surface area contributed by atoms with E-state index in [9.17, 15) is 30.0 Å². The normalized spacial score (nSPS) is 23.6. The molecule has 2 rings (SSSR count). The molecule has 0 N–H and O–H groups in total. The lowest BCUT2D eigenvalue weighted by Gasteiger charge is -2.30. The Morgan fingerprint density at radius 3 is 2.09 bits per heavy atom. The summed E-state index contributed by atoms with van der Waals surface area (Å²) in [5.41, 5.74) is -5.58. The summed E-state index contributed by atoms with van der Waals surface area (Å²) in [6.45, 7) is 0. The Kier molecular flexibility index (Phi) is 5.07. The molecule has 1 fully saturated rings. The first kappa shape index (κ1) is 18.2. The van der Waals surface area contributed by atoms with Gasteiger partial charge in [-0.3, -0.25) is 4.18 Å². The maximum Gasteiger partial charge on any atom is 0.523 e. The minimum absolute atomic E-state index is 0.0509. The van der Waals surface area contributed by atoms with E-state index >= 15 is 0 Å². The third kappa shape index (κ3) is 3.86. The van der Waals surface area contributed by atoms with Gasteiger partial charge in [-0.05, 0) is 25.0 Å². The predicted octanol–water partition coefficient (Wildman–Crippen LogP) is 2.64. The molecule has 0 heterocycles. The molecular weight excluding hydrogens is 357 g/mol. The van der Waals surface area contributed by atoms with Gasteiger partial charge in [0.15, 0.2) is 9.84 Å². The van der Waals surface area contributed by atoms with E-state index in [-0.39, 0.29) is 17.7 Å². The van der Waals surface area contributed by atoms with E-state index in [4.69, 9.17) is 0 Å². The fraction of sp³-hybridized carbons (Fsp3) is 0.538. The Labute approximate surface area is 132 Å². The van der Waals surface area contributed by atoms with Crippen LogP contribution in [0.2, 0.25) is 0 Å². The SMILES string of the molecule is O=S(=O)(c1ccccc1)[C@@H]1CCCC[C@@H]1OS(=O)(=O)C(F)(F)F. The fourth-order valence-electron chi connectivity index (χ4n) is 2.53. The summed E-state index contributed by atoms with van der Waals surface area (Å²) in [6, 6.07) is 7.20. The highest BCUT2D eigenvalue weighted by atomic mass is 32.2. The Morgan fingerprint density at radius 1 is 0.957 bits per heavy atom. The summed E-state index contributed by atoms with van der Waals surface area (Å²) in [5.74, 6) is 0. The van der Waals surface area contributed by atoms with Crippen LogP contribution in [0.4, 0.5) is 13.2 Å². The van der Waals surface area contributed by atoms with Gasteiger partial charge in [-0.15, -0.1) is 0 Å². The van der Waals surface area contributed by atoms with Gasteiger partial charge in [0.05, 0.1) is 16.2 Å². The number of hydrogen-bond donors (Lipinski definition) is 0. The number of halogens is 3. The third-order valence-corrected chi connectivity index (χ3v) is 6.98. The number of rotatable bonds is 4. The molecule has 0 unspecified atom stereocenters. The molecule has 1 aromatic carbocycles. The maximum absolute atomic E-state index is 12.6. The van der Waals surface area contributed by atoms with Crippen molar-refractivity contribution < 1.29 is 34.2 Å². The zero-order valence-corrected chi connectivity index (χ0v) is 13.5. The Morgan fingerprint density at radius 2 is 1.52 bits per heavy atom. The molecule has 1 aliphatic carbocycles. The summed E-state index contributed by atoms with van der Waals surface area (Å²) in [6.07, 6.45) is -0.677. The zero-order chi connectivity index (χ0) is 17.3. The van der Waals surface area contributed by atoms with Crippen molar-refractivity contribution in [3.05, 3.63) is 30.3 Å². The van der Waals surface area contributed by atoms with Crippen LogP contribution in [-0.4, -0.2) is 33.7 Å². The molecule has 0 amide bonds. The maximum atomic E-state index is 12.6. The molecule has 0 saturated heterocycles. The van der Waals surface area contributed by atoms with Gasteiger partial charge in [-0.25, -0.2) is 8.42 Å². The van der Waals surface area contributed by atoms with E-state index in [0.717, 1.165) is 0 Å². The summed E-state index contributed by atoms with van der Waals surface area (Å²) in [4.78, 5) is -0.0649. The van der Waals surface area contributed by atoms with E-state index in [1.165, 1.54) is 24.3 Å². The van der Waals surface area contributed by atoms with Crippen molar-refractivity contribution in [3.63, 3.8) is 0 Å². The Hall–Kier alpha value is -1.13. The summed E-state index contributed by atoms with van der Waals surface area (Å²) < 4.78 is 89.2. The van der Waals surface area contributed by atoms with E-state index < -0.39 is 36.8 Å². The summed E-state index contributed by atoms with van der Waals surface area (Å²) >= 11 is 0. The molecule has 0 aliphatic heterocycles. The monoisotopic (exact) mass is 372 g/mol. The minimum Gasteiger partial charge on any atom is -0.258 e. The molecule has 5 nitrogen and oxygen atoms in total. The average molecular weight is 372 g/mol. The van der Waals surface area contributed by atoms with Crippen molar-refractivity contribution in [1.82, 2.24) is 0 Å². The molecule has 1 aromatic rings. The van der Waals surface area contributed by atoms with Gasteiger partial charge < -0.3 is 0 Å². The van der Waals surface area contributed by atoms with Crippen LogP contribution in [0.1, 0.15) is 25.7 Å². The van der Waals surface area contributed by atoms with Crippen molar-refractivity contribution in [3.8, 4) is 0 Å². The van der Waals surface area contributed by atoms with Crippen LogP contribution in [0.3, 0.4) is 0 Å². The van der Waals surface area contributed by atoms with Crippen molar-refractivity contribution in [2.45, 2.75) is 47.4 Å². The molecule has 130 valence electrons. The van der Waals surface area contributed by atoms with Crippen LogP contribution >= 0.6 is 0 Å². The number of hydrogen-bond acceptors (Lipinski definition) is 5. The third-order valence-electron chi connectivity index (χ3n) is 3.65. The van der Waals surface area contributed by atoms with Gasteiger partial charge in [0, 0.05) is 0 Å². The van der Waals surface area contributed by atoms with Crippen molar-refractivity contribution >= 4 is 20.0 Å². The van der Waals surface area contributed by atoms with Gasteiger partial charge in [-0.1, -0.05) is 31.0 Å². The molecule has 2 atom stereocenters. The van der Waals surface area contributed by atoms with Crippen LogP contribution in [0.15, 0.2) is 35.2 Å². The Bertz CT molecular complexity index is 742. The van der Waals surface area contributed by atoms with Gasteiger partial charge in [0.25, 0.3) is 0 Å². The van der Waals surface area contributed by atoms with Crippen LogP contribution in [0.5, 0.6) is 0 Å². The van der Waals surface area contributed by atoms with E-state index in [1.54, 1.807) is 6.07 Å². The first-order valence-electron chi connectivity index (χ1n) is 6.84. The predicted molar refractivity (Wildman–Crippen MR) is 75.7 cm³/mol. The lowest BCUT2D eigenvalue weighted by molar-refractivity contribution is -0.0583. The smallest absolute Gasteiger partial charge is 0.258 e. The van der Waals surface area contributed by atoms with Crippen LogP contribution in [0, 0.1) is 0 Å². The van der Waals surface area contributed by atoms with Crippen LogP contribution in [0.25, 0.3) is 0 Å². The van der Waals surface area contributed by atoms with Gasteiger partial charge in [-0.2, -0.15) is 21.6 Å². The molecule has 1 saturated carbocycles. The topological polar surface area (TPSA) is 77.5 Å². The van der Waals surface area contributed by atoms with Crippen LogP contribution < -0.4 is 0 Å². The minimum atomic E-state index is -5.84. The molecule has 0 radical (unpaired) electrons. The van der Waals surface area contributed by atoms with E-state index in [1.807, 2.05) is 0 Å². The zero-order valence-electron chi connectivity index (χ0n) is 11.9. The average Bonchev–Trinajstić information content (AvgIpc) is 2.47. The highest BCUT2D eigenvalue weighted by molar-refractivity contribution is 7.92. The molecular formula is C13H15F3O5S2. The van der Waals surface area contributed by atoms with E-state index in [0.29, 0.717) is 12.8 Å². The largest absolute Gasteiger partial charge is 0.523 e.